The zero-order valence-electron chi connectivity index (χ0n) is 13.3. The van der Waals surface area contributed by atoms with E-state index >= 15 is 0 Å². The van der Waals surface area contributed by atoms with Gasteiger partial charge in [-0.2, -0.15) is 5.10 Å². The molecule has 21 heavy (non-hydrogen) atoms. The van der Waals surface area contributed by atoms with Crippen LogP contribution in [-0.4, -0.2) is 50.8 Å². The van der Waals surface area contributed by atoms with Crippen LogP contribution in [0.4, 0.5) is 5.69 Å². The number of nitrogens with zero attached hydrogens (tertiary/aromatic N) is 3. The molecule has 0 fully saturated rings. The molecule has 1 aromatic rings. The average Bonchev–Trinajstić information content (AvgIpc) is 2.61. The first kappa shape index (κ1) is 17.2. The number of carboxylic acid groups (broad SMARTS) is 1. The van der Waals surface area contributed by atoms with Crippen LogP contribution < -0.4 is 5.32 Å². The number of hydrogen-bond acceptors (Lipinski definition) is 4. The second-order valence-corrected chi connectivity index (χ2v) is 5.23. The summed E-state index contributed by atoms with van der Waals surface area (Å²) in [6.45, 7) is 8.23. The molecule has 0 aromatic carbocycles. The highest BCUT2D eigenvalue weighted by Crippen LogP contribution is 2.18. The lowest BCUT2D eigenvalue weighted by atomic mass is 10.2. The molecular weight excluding hydrogens is 272 g/mol. The molecule has 0 aliphatic heterocycles. The van der Waals surface area contributed by atoms with Crippen molar-refractivity contribution in [3.05, 3.63) is 11.4 Å². The van der Waals surface area contributed by atoms with Crippen molar-refractivity contribution in [1.29, 1.82) is 0 Å². The fourth-order valence-corrected chi connectivity index (χ4v) is 2.28. The van der Waals surface area contributed by atoms with Crippen molar-refractivity contribution in [2.75, 3.05) is 18.4 Å². The van der Waals surface area contributed by atoms with Gasteiger partial charge in [-0.05, 0) is 27.3 Å². The molecule has 2 N–H and O–H groups in total. The Bertz CT molecular complexity index is 525. The normalized spacial score (nSPS) is 12.5. The van der Waals surface area contributed by atoms with E-state index in [1.54, 1.807) is 4.68 Å². The van der Waals surface area contributed by atoms with Gasteiger partial charge in [-0.15, -0.1) is 0 Å². The lowest BCUT2D eigenvalue weighted by Gasteiger charge is -2.25. The van der Waals surface area contributed by atoms with E-state index in [9.17, 15) is 9.59 Å². The third-order valence-electron chi connectivity index (χ3n) is 3.62. The number of rotatable bonds is 7. The fourth-order valence-electron chi connectivity index (χ4n) is 2.28. The molecule has 7 heteroatoms. The lowest BCUT2D eigenvalue weighted by molar-refractivity contribution is -0.138. The Morgan fingerprint density at radius 1 is 1.43 bits per heavy atom. The van der Waals surface area contributed by atoms with Gasteiger partial charge >= 0.3 is 5.97 Å². The Balaban J connectivity index is 2.69. The average molecular weight is 296 g/mol. The topological polar surface area (TPSA) is 87.5 Å². The monoisotopic (exact) mass is 296 g/mol. The predicted octanol–water partition coefficient (Wildman–Crippen LogP) is 1.16. The van der Waals surface area contributed by atoms with E-state index in [1.807, 2.05) is 39.6 Å². The zero-order chi connectivity index (χ0) is 16.2. The maximum atomic E-state index is 12.1. The summed E-state index contributed by atoms with van der Waals surface area (Å²) in [4.78, 5) is 24.7. The Morgan fingerprint density at radius 3 is 2.48 bits per heavy atom. The Kier molecular flexibility index (Phi) is 5.90. The molecule has 7 nitrogen and oxygen atoms in total. The highest BCUT2D eigenvalue weighted by atomic mass is 16.4. The van der Waals surface area contributed by atoms with E-state index < -0.39 is 5.97 Å². The van der Waals surface area contributed by atoms with Crippen LogP contribution in [0.5, 0.6) is 0 Å². The van der Waals surface area contributed by atoms with E-state index in [2.05, 4.69) is 10.4 Å². The molecule has 1 rings (SSSR count). The number of nitrogens with one attached hydrogen (secondary N) is 1. The van der Waals surface area contributed by atoms with Gasteiger partial charge in [0.1, 0.15) is 0 Å². The standard InChI is InChI=1S/C14H24N4O3/c1-6-18(9(2)7-13(20)21)8-12(19)15-14-10(3)16-17(5)11(14)4/h9H,6-8H2,1-5H3,(H,15,19)(H,20,21). The first-order valence-electron chi connectivity index (χ1n) is 7.02. The molecule has 0 aliphatic rings. The van der Waals surface area contributed by atoms with Crippen molar-refractivity contribution in [2.24, 2.45) is 7.05 Å². The summed E-state index contributed by atoms with van der Waals surface area (Å²) >= 11 is 0. The van der Waals surface area contributed by atoms with Crippen molar-refractivity contribution in [3.8, 4) is 0 Å². The first-order valence-corrected chi connectivity index (χ1v) is 7.02. The minimum absolute atomic E-state index is 0.0199. The van der Waals surface area contributed by atoms with Gasteiger partial charge in [0, 0.05) is 13.1 Å². The van der Waals surface area contributed by atoms with Crippen LogP contribution in [0.15, 0.2) is 0 Å². The Morgan fingerprint density at radius 2 is 2.05 bits per heavy atom. The minimum atomic E-state index is -0.861. The van der Waals surface area contributed by atoms with Crippen LogP contribution in [0.3, 0.4) is 0 Å². The summed E-state index contributed by atoms with van der Waals surface area (Å²) in [5.74, 6) is -1.02. The number of hydrogen-bond donors (Lipinski definition) is 2. The molecule has 0 radical (unpaired) electrons. The van der Waals surface area contributed by atoms with Gasteiger partial charge < -0.3 is 10.4 Å². The lowest BCUT2D eigenvalue weighted by Crippen LogP contribution is -2.40. The number of amides is 1. The van der Waals surface area contributed by atoms with Gasteiger partial charge in [0.25, 0.3) is 0 Å². The van der Waals surface area contributed by atoms with Gasteiger partial charge in [0.05, 0.1) is 30.0 Å². The van der Waals surface area contributed by atoms with Crippen LogP contribution in [-0.2, 0) is 16.6 Å². The molecule has 0 bridgehead atoms. The Labute approximate surface area is 124 Å². The van der Waals surface area contributed by atoms with Crippen molar-refractivity contribution in [2.45, 2.75) is 40.2 Å². The molecule has 1 unspecified atom stereocenters. The number of carboxylic acids is 1. The molecule has 1 heterocycles. The number of aliphatic carboxylic acids is 1. The van der Waals surface area contributed by atoms with E-state index in [1.165, 1.54) is 0 Å². The summed E-state index contributed by atoms with van der Waals surface area (Å²) in [6.07, 6.45) is 0.0199. The molecule has 0 saturated carbocycles. The zero-order valence-corrected chi connectivity index (χ0v) is 13.3. The van der Waals surface area contributed by atoms with Gasteiger partial charge in [-0.3, -0.25) is 19.2 Å². The fraction of sp³-hybridized carbons (Fsp3) is 0.643. The molecule has 0 aliphatic carbocycles. The van der Waals surface area contributed by atoms with Crippen LogP contribution in [0.2, 0.25) is 0 Å². The quantitative estimate of drug-likeness (QED) is 0.788. The second-order valence-electron chi connectivity index (χ2n) is 5.23. The summed E-state index contributed by atoms with van der Waals surface area (Å²) in [6, 6.07) is -0.186. The summed E-state index contributed by atoms with van der Waals surface area (Å²) in [5.41, 5.74) is 2.39. The summed E-state index contributed by atoms with van der Waals surface area (Å²) in [7, 11) is 1.82. The van der Waals surface area contributed by atoms with E-state index in [-0.39, 0.29) is 24.9 Å². The number of carbonyl (C=O) groups excluding carboxylic acids is 1. The SMILES string of the molecule is CCN(CC(=O)Nc1c(C)nn(C)c1C)C(C)CC(=O)O. The summed E-state index contributed by atoms with van der Waals surface area (Å²) in [5, 5.41) is 15.9. The van der Waals surface area contributed by atoms with Crippen LogP contribution in [0, 0.1) is 13.8 Å². The minimum Gasteiger partial charge on any atom is -0.481 e. The molecular formula is C14H24N4O3. The highest BCUT2D eigenvalue weighted by Gasteiger charge is 2.19. The first-order chi connectivity index (χ1) is 9.76. The Hall–Kier alpha value is -1.89. The van der Waals surface area contributed by atoms with Gasteiger partial charge in [-0.25, -0.2) is 0 Å². The summed E-state index contributed by atoms with van der Waals surface area (Å²) < 4.78 is 1.72. The maximum absolute atomic E-state index is 12.1. The molecule has 1 amide bonds. The third kappa shape index (κ3) is 4.56. The van der Waals surface area contributed by atoms with E-state index in [0.29, 0.717) is 6.54 Å². The highest BCUT2D eigenvalue weighted by molar-refractivity contribution is 5.93. The van der Waals surface area contributed by atoms with Crippen molar-refractivity contribution < 1.29 is 14.7 Å². The molecule has 1 aromatic heterocycles. The third-order valence-corrected chi connectivity index (χ3v) is 3.62. The van der Waals surface area contributed by atoms with Gasteiger partial charge in [0.2, 0.25) is 5.91 Å². The number of aromatic nitrogens is 2. The second kappa shape index (κ2) is 7.21. The molecule has 0 spiro atoms. The van der Waals surface area contributed by atoms with Crippen molar-refractivity contribution in [1.82, 2.24) is 14.7 Å². The number of anilines is 1. The van der Waals surface area contributed by atoms with Crippen molar-refractivity contribution in [3.63, 3.8) is 0 Å². The smallest absolute Gasteiger partial charge is 0.304 e. The molecule has 118 valence electrons. The van der Waals surface area contributed by atoms with Gasteiger partial charge in [-0.1, -0.05) is 6.92 Å². The molecule has 0 saturated heterocycles. The predicted molar refractivity (Wildman–Crippen MR) is 80.3 cm³/mol. The number of likely N-dealkylation sites (N-methyl/N-ethyl adjacent to an activating group) is 1. The molecule has 1 atom stereocenters. The van der Waals surface area contributed by atoms with Crippen LogP contribution in [0.1, 0.15) is 31.7 Å². The maximum Gasteiger partial charge on any atom is 0.304 e. The van der Waals surface area contributed by atoms with Crippen molar-refractivity contribution >= 4 is 17.6 Å². The van der Waals surface area contributed by atoms with Crippen LogP contribution >= 0.6 is 0 Å². The van der Waals surface area contributed by atoms with Gasteiger partial charge in [0.15, 0.2) is 0 Å². The van der Waals surface area contributed by atoms with E-state index in [4.69, 9.17) is 5.11 Å². The van der Waals surface area contributed by atoms with Crippen LogP contribution in [0.25, 0.3) is 0 Å². The van der Waals surface area contributed by atoms with E-state index in [0.717, 1.165) is 17.1 Å². The number of carbonyl (C=O) groups is 2. The number of aryl methyl sites for hydroxylation is 2. The largest absolute Gasteiger partial charge is 0.481 e.